The summed E-state index contributed by atoms with van der Waals surface area (Å²) in [6.45, 7) is 8.49. The topological polar surface area (TPSA) is 118 Å². The highest BCUT2D eigenvalue weighted by Crippen LogP contribution is 2.32. The lowest BCUT2D eigenvalue weighted by Crippen LogP contribution is -2.32. The number of aliphatic carboxylic acids is 1. The summed E-state index contributed by atoms with van der Waals surface area (Å²) in [6, 6.07) is 10.1. The molecule has 40 heavy (non-hydrogen) atoms. The minimum atomic E-state index is -1.23. The molecular weight excluding hydrogens is 520 g/mol. The third kappa shape index (κ3) is 8.59. The average molecular weight is 556 g/mol. The maximum absolute atomic E-state index is 14.2. The number of hydrogen-bond acceptors (Lipinski definition) is 4. The van der Waals surface area contributed by atoms with E-state index in [-0.39, 0.29) is 29.0 Å². The molecule has 0 unspecified atom stereocenters. The number of hydrogen-bond donors (Lipinski definition) is 3. The molecule has 3 aromatic rings. The highest BCUT2D eigenvalue weighted by Gasteiger charge is 2.23. The summed E-state index contributed by atoms with van der Waals surface area (Å²) in [4.78, 5) is 44.9. The van der Waals surface area contributed by atoms with Gasteiger partial charge in [-0.05, 0) is 72.7 Å². The number of carbonyl (C=O) groups is 3. The molecule has 3 rings (SSSR count). The standard InChI is InChI=1S/C18H17F2NO3.C12H18N2O2/c1-10-4-3-5-11(2)17(10)12-6-13(18(20)14(19)7-12)15(21-9-22)8-16(23)24;1-9(2)6-7-13-11(15)10-5-4-8-14(3)12(10)16/h3-7,9,15H,8H2,1-2H3,(H,21,22)(H,23,24);4-5,8-9H,6-7H2,1-3H3,(H,13,15)/t15-;/m0./s1. The Balaban J connectivity index is 0.000000305. The molecule has 214 valence electrons. The van der Waals surface area contributed by atoms with Gasteiger partial charge < -0.3 is 20.3 Å². The third-order valence-electron chi connectivity index (χ3n) is 6.22. The number of carboxylic acids is 1. The molecule has 0 aliphatic carbocycles. The van der Waals surface area contributed by atoms with E-state index in [4.69, 9.17) is 5.11 Å². The molecule has 0 spiro atoms. The van der Waals surface area contributed by atoms with Gasteiger partial charge in [-0.1, -0.05) is 32.0 Å². The Bertz CT molecular complexity index is 1400. The van der Waals surface area contributed by atoms with Crippen molar-refractivity contribution in [3.8, 4) is 11.1 Å². The Kier molecular flexibility index (Phi) is 11.7. The molecule has 8 nitrogen and oxygen atoms in total. The molecule has 1 heterocycles. The van der Waals surface area contributed by atoms with Crippen LogP contribution >= 0.6 is 0 Å². The molecule has 0 aliphatic heterocycles. The van der Waals surface area contributed by atoms with E-state index in [2.05, 4.69) is 24.5 Å². The number of amides is 2. The van der Waals surface area contributed by atoms with Crippen molar-refractivity contribution >= 4 is 18.3 Å². The third-order valence-corrected chi connectivity index (χ3v) is 6.22. The first-order valence-corrected chi connectivity index (χ1v) is 12.8. The van der Waals surface area contributed by atoms with Crippen LogP contribution in [-0.2, 0) is 16.6 Å². The van der Waals surface area contributed by atoms with Gasteiger partial charge in [-0.2, -0.15) is 0 Å². The number of aromatic nitrogens is 1. The van der Waals surface area contributed by atoms with Gasteiger partial charge in [0, 0.05) is 25.4 Å². The number of halogens is 2. The quantitative estimate of drug-likeness (QED) is 0.314. The lowest BCUT2D eigenvalue weighted by atomic mass is 9.92. The highest BCUT2D eigenvalue weighted by molar-refractivity contribution is 5.93. The fourth-order valence-electron chi connectivity index (χ4n) is 4.13. The van der Waals surface area contributed by atoms with Crippen LogP contribution in [0.5, 0.6) is 0 Å². The van der Waals surface area contributed by atoms with E-state index < -0.39 is 30.1 Å². The zero-order valence-electron chi connectivity index (χ0n) is 23.3. The molecule has 0 fully saturated rings. The van der Waals surface area contributed by atoms with Crippen LogP contribution in [0.2, 0.25) is 0 Å². The van der Waals surface area contributed by atoms with Gasteiger partial charge >= 0.3 is 5.97 Å². The van der Waals surface area contributed by atoms with Gasteiger partial charge in [0.05, 0.1) is 12.5 Å². The van der Waals surface area contributed by atoms with Crippen LogP contribution in [-0.4, -0.2) is 34.5 Å². The maximum Gasteiger partial charge on any atom is 0.305 e. The Morgan fingerprint density at radius 3 is 2.30 bits per heavy atom. The average Bonchev–Trinajstić information content (AvgIpc) is 2.87. The van der Waals surface area contributed by atoms with Crippen molar-refractivity contribution in [1.82, 2.24) is 15.2 Å². The Morgan fingerprint density at radius 2 is 1.73 bits per heavy atom. The summed E-state index contributed by atoms with van der Waals surface area (Å²) in [5.74, 6) is -3.23. The first-order valence-electron chi connectivity index (χ1n) is 12.8. The molecule has 1 aromatic heterocycles. The first kappa shape index (κ1) is 31.9. The summed E-state index contributed by atoms with van der Waals surface area (Å²) in [5.41, 5.74) is 2.69. The van der Waals surface area contributed by atoms with Crippen LogP contribution in [0.25, 0.3) is 11.1 Å². The van der Waals surface area contributed by atoms with Crippen LogP contribution in [0.3, 0.4) is 0 Å². The SMILES string of the molecule is CC(C)CCNC(=O)c1cccn(C)c1=O.Cc1cccc(C)c1-c1cc(F)c(F)c([C@H](CC(=O)O)NC=O)c1. The molecule has 0 saturated carbocycles. The number of aryl methyl sites for hydroxylation is 3. The Hall–Kier alpha value is -4.34. The minimum absolute atomic E-state index is 0.192. The molecule has 3 N–H and O–H groups in total. The van der Waals surface area contributed by atoms with Gasteiger partial charge in [-0.15, -0.1) is 0 Å². The predicted octanol–water partition coefficient (Wildman–Crippen LogP) is 4.67. The summed E-state index contributed by atoms with van der Waals surface area (Å²) in [5, 5.41) is 13.9. The maximum atomic E-state index is 14.2. The van der Waals surface area contributed by atoms with Gasteiger partial charge in [0.2, 0.25) is 6.41 Å². The second kappa shape index (κ2) is 14.7. The second-order valence-corrected chi connectivity index (χ2v) is 9.84. The van der Waals surface area contributed by atoms with E-state index in [1.54, 1.807) is 25.4 Å². The molecule has 1 atom stereocenters. The summed E-state index contributed by atoms with van der Waals surface area (Å²) < 4.78 is 29.7. The van der Waals surface area contributed by atoms with Gasteiger partial charge in [0.15, 0.2) is 11.6 Å². The van der Waals surface area contributed by atoms with Crippen molar-refractivity contribution in [2.24, 2.45) is 13.0 Å². The largest absolute Gasteiger partial charge is 0.481 e. The van der Waals surface area contributed by atoms with Crippen molar-refractivity contribution in [2.45, 2.75) is 46.6 Å². The molecular formula is C30H35F2N3O5. The fourth-order valence-corrected chi connectivity index (χ4v) is 4.13. The zero-order chi connectivity index (χ0) is 30.0. The van der Waals surface area contributed by atoms with E-state index in [0.29, 0.717) is 18.0 Å². The number of carbonyl (C=O) groups excluding carboxylic acids is 2. The van der Waals surface area contributed by atoms with Crippen LogP contribution < -0.4 is 16.2 Å². The summed E-state index contributed by atoms with van der Waals surface area (Å²) in [6.07, 6.45) is 2.27. The number of benzene rings is 2. The fraction of sp³-hybridized carbons (Fsp3) is 0.333. The van der Waals surface area contributed by atoms with E-state index in [9.17, 15) is 28.0 Å². The van der Waals surface area contributed by atoms with Gasteiger partial charge in [-0.25, -0.2) is 8.78 Å². The summed E-state index contributed by atoms with van der Waals surface area (Å²) in [7, 11) is 1.63. The van der Waals surface area contributed by atoms with E-state index >= 15 is 0 Å². The zero-order valence-corrected chi connectivity index (χ0v) is 23.3. The lowest BCUT2D eigenvalue weighted by molar-refractivity contribution is -0.137. The van der Waals surface area contributed by atoms with Crippen molar-refractivity contribution < 1.29 is 28.3 Å². The predicted molar refractivity (Wildman–Crippen MR) is 149 cm³/mol. The second-order valence-electron chi connectivity index (χ2n) is 9.84. The number of nitrogens with zero attached hydrogens (tertiary/aromatic N) is 1. The van der Waals surface area contributed by atoms with Gasteiger partial charge in [0.25, 0.3) is 11.5 Å². The van der Waals surface area contributed by atoms with E-state index in [0.717, 1.165) is 29.2 Å². The van der Waals surface area contributed by atoms with Crippen LogP contribution in [0.4, 0.5) is 8.78 Å². The lowest BCUT2D eigenvalue weighted by Gasteiger charge is -2.18. The van der Waals surface area contributed by atoms with Gasteiger partial charge in [-0.3, -0.25) is 19.2 Å². The molecule has 0 aliphatic rings. The van der Waals surface area contributed by atoms with Gasteiger partial charge in [0.1, 0.15) is 5.56 Å². The van der Waals surface area contributed by atoms with Crippen molar-refractivity contribution in [3.63, 3.8) is 0 Å². The molecule has 0 radical (unpaired) electrons. The summed E-state index contributed by atoms with van der Waals surface area (Å²) >= 11 is 0. The van der Waals surface area contributed by atoms with Crippen LogP contribution in [0.15, 0.2) is 53.5 Å². The normalized spacial score (nSPS) is 11.3. The molecule has 2 aromatic carbocycles. The monoisotopic (exact) mass is 555 g/mol. The molecule has 0 saturated heterocycles. The minimum Gasteiger partial charge on any atom is -0.481 e. The first-order chi connectivity index (χ1) is 18.9. The van der Waals surface area contributed by atoms with Crippen LogP contribution in [0.1, 0.15) is 59.8 Å². The van der Waals surface area contributed by atoms with Crippen molar-refractivity contribution in [3.05, 3.63) is 92.9 Å². The van der Waals surface area contributed by atoms with Crippen LogP contribution in [0, 0.1) is 31.4 Å². The van der Waals surface area contributed by atoms with E-state index in [1.165, 1.54) is 10.6 Å². The Labute approximate surface area is 232 Å². The highest BCUT2D eigenvalue weighted by atomic mass is 19.2. The molecule has 0 bridgehead atoms. The molecule has 10 heteroatoms. The molecule has 2 amide bonds. The number of rotatable bonds is 10. The van der Waals surface area contributed by atoms with Crippen molar-refractivity contribution in [2.75, 3.05) is 6.54 Å². The smallest absolute Gasteiger partial charge is 0.305 e. The Morgan fingerprint density at radius 1 is 1.07 bits per heavy atom. The number of nitrogens with one attached hydrogen (secondary N) is 2. The number of pyridine rings is 1. The van der Waals surface area contributed by atoms with E-state index in [1.807, 2.05) is 32.0 Å². The van der Waals surface area contributed by atoms with Crippen molar-refractivity contribution in [1.29, 1.82) is 0 Å². The number of carboxylic acid groups (broad SMARTS) is 1.